The number of hydrogen-bond acceptors (Lipinski definition) is 3. The molecule has 0 saturated heterocycles. The number of halogens is 4. The van der Waals surface area contributed by atoms with Crippen LogP contribution in [-0.2, 0) is 19.1 Å². The number of aromatic nitrogens is 2. The third-order valence-electron chi connectivity index (χ3n) is 4.15. The van der Waals surface area contributed by atoms with Gasteiger partial charge in [0.2, 0.25) is 0 Å². The monoisotopic (exact) mass is 332 g/mol. The largest absolute Gasteiger partial charge is 0.435 e. The van der Waals surface area contributed by atoms with Crippen molar-refractivity contribution in [2.24, 2.45) is 5.73 Å². The molecule has 0 unspecified atom stereocenters. The number of alkyl halides is 3. The molecule has 1 fully saturated rings. The van der Waals surface area contributed by atoms with Gasteiger partial charge in [0.15, 0.2) is 5.69 Å². The lowest BCUT2D eigenvalue weighted by Gasteiger charge is -2.27. The minimum atomic E-state index is -4.74. The van der Waals surface area contributed by atoms with Gasteiger partial charge in [0, 0.05) is 25.6 Å². The zero-order valence-electron chi connectivity index (χ0n) is 12.2. The molecule has 5 nitrogen and oxygen atoms in total. The summed E-state index contributed by atoms with van der Waals surface area (Å²) in [4.78, 5) is 13.9. The highest BCUT2D eigenvalue weighted by Gasteiger charge is 2.46. The van der Waals surface area contributed by atoms with Crippen molar-refractivity contribution >= 4 is 5.91 Å². The van der Waals surface area contributed by atoms with E-state index in [4.69, 9.17) is 5.73 Å². The van der Waals surface area contributed by atoms with Gasteiger partial charge in [-0.15, -0.1) is 0 Å². The molecule has 0 spiro atoms. The topological polar surface area (TPSA) is 64.2 Å². The van der Waals surface area contributed by atoms with Crippen LogP contribution >= 0.6 is 0 Å². The van der Waals surface area contributed by atoms with Crippen molar-refractivity contribution in [2.45, 2.75) is 38.0 Å². The first-order valence-corrected chi connectivity index (χ1v) is 7.32. The van der Waals surface area contributed by atoms with Crippen LogP contribution in [0.15, 0.2) is 11.9 Å². The Morgan fingerprint density at radius 1 is 1.39 bits per heavy atom. The lowest BCUT2D eigenvalue weighted by atomic mass is 10.0. The molecular weight excluding hydrogens is 316 g/mol. The van der Waals surface area contributed by atoms with Gasteiger partial charge in [0.1, 0.15) is 0 Å². The molecule has 2 aliphatic rings. The molecule has 2 N–H and O–H groups in total. The number of carbonyl (C=O) groups excluding carboxylic acids is 1. The molecule has 1 aromatic heterocycles. The molecule has 0 atom stereocenters. The number of amides is 1. The molecule has 2 heterocycles. The summed E-state index contributed by atoms with van der Waals surface area (Å²) in [6.45, 7) is 0.0353. The van der Waals surface area contributed by atoms with Gasteiger partial charge < -0.3 is 10.6 Å². The van der Waals surface area contributed by atoms with Gasteiger partial charge in [-0.25, -0.2) is 4.39 Å². The van der Waals surface area contributed by atoms with Crippen molar-refractivity contribution in [3.63, 3.8) is 0 Å². The normalized spacial score (nSPS) is 19.3. The number of nitrogens with two attached hydrogens (primary N) is 1. The molecule has 9 heteroatoms. The van der Waals surface area contributed by atoms with Crippen molar-refractivity contribution in [2.75, 3.05) is 13.1 Å². The fraction of sp³-hybridized carbons (Fsp3) is 0.571. The predicted octanol–water partition coefficient (Wildman–Crippen LogP) is 1.87. The number of hydrogen-bond donors (Lipinski definition) is 1. The van der Waals surface area contributed by atoms with Gasteiger partial charge >= 0.3 is 6.18 Å². The smallest absolute Gasteiger partial charge is 0.335 e. The highest BCUT2D eigenvalue weighted by atomic mass is 19.4. The van der Waals surface area contributed by atoms with Crippen LogP contribution in [0.5, 0.6) is 0 Å². The Bertz CT molecular complexity index is 660. The van der Waals surface area contributed by atoms with Crippen LogP contribution in [0.1, 0.15) is 34.6 Å². The molecule has 1 aliphatic carbocycles. The second kappa shape index (κ2) is 5.63. The maximum Gasteiger partial charge on any atom is 0.435 e. The van der Waals surface area contributed by atoms with E-state index in [1.165, 1.54) is 4.90 Å². The van der Waals surface area contributed by atoms with Crippen molar-refractivity contribution in [3.8, 4) is 0 Å². The first kappa shape index (κ1) is 16.0. The summed E-state index contributed by atoms with van der Waals surface area (Å²) in [5.41, 5.74) is 4.07. The minimum absolute atomic E-state index is 0.0328. The Kier molecular flexibility index (Phi) is 3.91. The zero-order chi connectivity index (χ0) is 16.8. The SMILES string of the molecule is NC/C(=C\F)Cn1nc(C(F)(F)F)c2c1CCN(C1CC1)C2=O. The molecule has 3 rings (SSSR count). The summed E-state index contributed by atoms with van der Waals surface area (Å²) in [6.07, 6.45) is -2.57. The van der Waals surface area contributed by atoms with Gasteiger partial charge in [-0.05, 0) is 18.4 Å². The molecule has 0 radical (unpaired) electrons. The van der Waals surface area contributed by atoms with Gasteiger partial charge in [-0.1, -0.05) is 0 Å². The standard InChI is InChI=1S/C14H16F4N4O/c15-5-8(6-19)7-22-10-3-4-21(9-1-2-9)13(23)11(10)12(20-22)14(16,17)18/h5,9H,1-4,6-7,19H2/b8-5+. The van der Waals surface area contributed by atoms with Crippen LogP contribution in [0.3, 0.4) is 0 Å². The first-order chi connectivity index (χ1) is 10.9. The van der Waals surface area contributed by atoms with E-state index in [1.807, 2.05) is 0 Å². The summed E-state index contributed by atoms with van der Waals surface area (Å²) in [5.74, 6) is -0.633. The Morgan fingerprint density at radius 3 is 2.61 bits per heavy atom. The maximum atomic E-state index is 13.2. The summed E-state index contributed by atoms with van der Waals surface area (Å²) < 4.78 is 53.5. The van der Waals surface area contributed by atoms with E-state index in [2.05, 4.69) is 5.10 Å². The van der Waals surface area contributed by atoms with E-state index >= 15 is 0 Å². The van der Waals surface area contributed by atoms with E-state index < -0.39 is 23.3 Å². The van der Waals surface area contributed by atoms with Crippen LogP contribution in [0.2, 0.25) is 0 Å². The van der Waals surface area contributed by atoms with Crippen LogP contribution in [0, 0.1) is 0 Å². The van der Waals surface area contributed by atoms with E-state index in [1.54, 1.807) is 0 Å². The van der Waals surface area contributed by atoms with Crippen LogP contribution < -0.4 is 5.73 Å². The number of nitrogens with zero attached hydrogens (tertiary/aromatic N) is 3. The summed E-state index contributed by atoms with van der Waals surface area (Å²) in [6, 6.07) is 0.0328. The Labute approximate surface area is 129 Å². The second-order valence-corrected chi connectivity index (χ2v) is 5.78. The summed E-state index contributed by atoms with van der Waals surface area (Å²) in [7, 11) is 0. The highest BCUT2D eigenvalue weighted by molar-refractivity contribution is 5.98. The number of fused-ring (bicyclic) bond motifs is 1. The molecule has 1 aromatic rings. The molecule has 126 valence electrons. The van der Waals surface area contributed by atoms with Crippen molar-refractivity contribution in [3.05, 3.63) is 28.9 Å². The summed E-state index contributed by atoms with van der Waals surface area (Å²) in [5, 5.41) is 3.54. The molecule has 0 bridgehead atoms. The van der Waals surface area contributed by atoms with E-state index in [9.17, 15) is 22.4 Å². The van der Waals surface area contributed by atoms with Crippen LogP contribution in [-0.4, -0.2) is 39.7 Å². The highest BCUT2D eigenvalue weighted by Crippen LogP contribution is 2.38. The van der Waals surface area contributed by atoms with E-state index in [0.717, 1.165) is 17.5 Å². The van der Waals surface area contributed by atoms with Gasteiger partial charge in [0.05, 0.1) is 24.1 Å². The van der Waals surface area contributed by atoms with Gasteiger partial charge in [-0.2, -0.15) is 18.3 Å². The lowest BCUT2D eigenvalue weighted by molar-refractivity contribution is -0.141. The molecule has 0 aromatic carbocycles. The average Bonchev–Trinajstić information content (AvgIpc) is 3.25. The lowest BCUT2D eigenvalue weighted by Crippen LogP contribution is -2.40. The quantitative estimate of drug-likeness (QED) is 0.856. The first-order valence-electron chi connectivity index (χ1n) is 7.32. The van der Waals surface area contributed by atoms with Crippen molar-refractivity contribution in [1.29, 1.82) is 0 Å². The molecule has 1 aliphatic heterocycles. The zero-order valence-corrected chi connectivity index (χ0v) is 12.2. The van der Waals surface area contributed by atoms with Gasteiger partial charge in [0.25, 0.3) is 5.91 Å². The Morgan fingerprint density at radius 2 is 2.09 bits per heavy atom. The second-order valence-electron chi connectivity index (χ2n) is 5.78. The molecule has 23 heavy (non-hydrogen) atoms. The maximum absolute atomic E-state index is 13.2. The third-order valence-corrected chi connectivity index (χ3v) is 4.15. The minimum Gasteiger partial charge on any atom is -0.335 e. The fourth-order valence-corrected chi connectivity index (χ4v) is 2.85. The molecular formula is C14H16F4N4O. The number of carbonyl (C=O) groups is 1. The van der Waals surface area contributed by atoms with E-state index in [-0.39, 0.29) is 43.1 Å². The predicted molar refractivity (Wildman–Crippen MR) is 73.2 cm³/mol. The van der Waals surface area contributed by atoms with Gasteiger partial charge in [-0.3, -0.25) is 9.48 Å². The fourth-order valence-electron chi connectivity index (χ4n) is 2.85. The van der Waals surface area contributed by atoms with Crippen LogP contribution in [0.25, 0.3) is 0 Å². The number of rotatable bonds is 4. The molecule has 1 saturated carbocycles. The van der Waals surface area contributed by atoms with Crippen molar-refractivity contribution < 1.29 is 22.4 Å². The summed E-state index contributed by atoms with van der Waals surface area (Å²) >= 11 is 0. The van der Waals surface area contributed by atoms with Crippen LogP contribution in [0.4, 0.5) is 17.6 Å². The van der Waals surface area contributed by atoms with E-state index in [0.29, 0.717) is 6.54 Å². The molecule has 1 amide bonds. The third kappa shape index (κ3) is 2.85. The Hall–Kier alpha value is -1.90. The average molecular weight is 332 g/mol. The Balaban J connectivity index is 2.04. The van der Waals surface area contributed by atoms with Crippen molar-refractivity contribution in [1.82, 2.24) is 14.7 Å².